The summed E-state index contributed by atoms with van der Waals surface area (Å²) in [5.41, 5.74) is -0.599. The smallest absolute Gasteiger partial charge is 0.391 e. The van der Waals surface area contributed by atoms with E-state index in [1.165, 1.54) is 56.8 Å². The van der Waals surface area contributed by atoms with Crippen LogP contribution in [0.4, 0.5) is 0 Å². The molecule has 9 N–H and O–H groups in total. The summed E-state index contributed by atoms with van der Waals surface area (Å²) in [4.78, 5) is 138. The highest BCUT2D eigenvalue weighted by Crippen LogP contribution is 2.50. The Morgan fingerprint density at radius 2 is 0.878 bits per heavy atom. The molecule has 0 bridgehead atoms. The zero-order chi connectivity index (χ0) is 74.0. The van der Waals surface area contributed by atoms with Gasteiger partial charge in [-0.2, -0.15) is 0 Å². The summed E-state index contributed by atoms with van der Waals surface area (Å²) in [5, 5.41) is 48.7. The second-order valence-corrected chi connectivity index (χ2v) is 30.5. The topological polar surface area (TPSA) is 456 Å². The van der Waals surface area contributed by atoms with E-state index in [4.69, 9.17) is 49.6 Å². The van der Waals surface area contributed by atoms with Crippen molar-refractivity contribution in [3.63, 3.8) is 0 Å². The van der Waals surface area contributed by atoms with Crippen LogP contribution in [0.15, 0.2) is 0 Å². The molecule has 13 unspecified atom stereocenters. The monoisotopic (exact) mass is 1560 g/mol. The molecule has 98 heavy (non-hydrogen) atoms. The van der Waals surface area contributed by atoms with Crippen LogP contribution in [0.2, 0.25) is 0 Å². The molecular formula is C61H107IN6O28P2. The molecule has 0 aromatic rings. The fraction of sp³-hybridized carbons (Fsp3) is 0.852. The Morgan fingerprint density at radius 3 is 1.22 bits per heavy atom. The predicted molar refractivity (Wildman–Crippen MR) is 354 cm³/mol. The van der Waals surface area contributed by atoms with Crippen molar-refractivity contribution in [3.05, 3.63) is 0 Å². The third kappa shape index (κ3) is 30.7. The van der Waals surface area contributed by atoms with Gasteiger partial charge in [0.1, 0.15) is 59.4 Å². The van der Waals surface area contributed by atoms with E-state index in [1.807, 2.05) is 41.5 Å². The number of ether oxygens (including phenoxy) is 6. The number of nitrogens with zero attached hydrogens (tertiary/aromatic N) is 3. The first kappa shape index (κ1) is 88.6. The van der Waals surface area contributed by atoms with Crippen LogP contribution in [0, 0.1) is 35.0 Å². The largest absolute Gasteiger partial charge is 0.472 e. The highest BCUT2D eigenvalue weighted by Gasteiger charge is 2.46. The molecule has 3 aliphatic rings. The van der Waals surface area contributed by atoms with Gasteiger partial charge >= 0.3 is 15.6 Å². The Labute approximate surface area is 587 Å². The van der Waals surface area contributed by atoms with E-state index >= 15 is 0 Å². The molecule has 0 saturated carbocycles. The average molecular weight is 1560 g/mol. The minimum Gasteiger partial charge on any atom is -0.391 e. The van der Waals surface area contributed by atoms with Crippen LogP contribution in [-0.2, 0) is 102 Å². The van der Waals surface area contributed by atoms with E-state index in [-0.39, 0.29) is 145 Å². The summed E-state index contributed by atoms with van der Waals surface area (Å²) in [7, 11) is -6.22. The molecule has 22 atom stereocenters. The number of aldehydes is 3. The lowest BCUT2D eigenvalue weighted by Gasteiger charge is -2.33. The number of amides is 6. The van der Waals surface area contributed by atoms with E-state index in [9.17, 15) is 82.5 Å². The normalized spacial score (nSPS) is 24.6. The Bertz CT molecular complexity index is 2640. The van der Waals surface area contributed by atoms with E-state index in [0.29, 0.717) is 19.3 Å². The first-order chi connectivity index (χ1) is 45.8. The van der Waals surface area contributed by atoms with Crippen LogP contribution in [-0.4, -0.2) is 272 Å². The molecule has 0 spiro atoms. The van der Waals surface area contributed by atoms with Crippen molar-refractivity contribution in [1.29, 1.82) is 0 Å². The lowest BCUT2D eigenvalue weighted by Crippen LogP contribution is -2.53. The van der Waals surface area contributed by atoms with Crippen LogP contribution < -0.4 is 16.0 Å². The van der Waals surface area contributed by atoms with Crippen molar-refractivity contribution in [2.45, 2.75) is 219 Å². The Kier molecular flexibility index (Phi) is 38.7. The molecule has 0 aromatic carbocycles. The summed E-state index contributed by atoms with van der Waals surface area (Å²) in [6, 6.07) is -6.13. The third-order valence-corrected chi connectivity index (χ3v) is 19.2. The maximum absolute atomic E-state index is 14.4. The van der Waals surface area contributed by atoms with Crippen molar-refractivity contribution in [3.8, 4) is 0 Å². The van der Waals surface area contributed by atoms with E-state index in [2.05, 4.69) is 16.0 Å². The number of phosphoric ester groups is 2. The zero-order valence-electron chi connectivity index (χ0n) is 58.3. The van der Waals surface area contributed by atoms with Crippen LogP contribution in [0.3, 0.4) is 0 Å². The SMILES string of the molecule is COC(OCC(C)CC(C)CC(=O)N1C[C@H](O)C[C@H]1COP(=O)(O)O[C@@H]1C[C@@H](COP(=O)(O)O[C@@H]2C[C@@H](COI)N(C(=O)CC(C)CC(C)(C)COC(OC)C(NC(C)=O)[C@H](O)C=O)C2)N(C(=O)CC(C)CC(C)COC(OC)C(NC(C)=O)[C@H](O)C=O)C1)C(NC(C)=O)[C@H](O)C=O. The van der Waals surface area contributed by atoms with Crippen molar-refractivity contribution >= 4 is 93.0 Å². The molecule has 0 aliphatic carbocycles. The number of likely N-dealkylation sites (tertiary alicyclic amines) is 3. The number of halogens is 1. The molecule has 3 saturated heterocycles. The van der Waals surface area contributed by atoms with Gasteiger partial charge in [-0.1, -0.05) is 48.5 Å². The van der Waals surface area contributed by atoms with Gasteiger partial charge < -0.3 is 107 Å². The number of aliphatic hydroxyl groups excluding tert-OH is 4. The van der Waals surface area contributed by atoms with Crippen molar-refractivity contribution in [2.75, 3.05) is 80.6 Å². The molecule has 3 rings (SSSR count). The van der Waals surface area contributed by atoms with Gasteiger partial charge in [0.05, 0.1) is 76.1 Å². The summed E-state index contributed by atoms with van der Waals surface area (Å²) < 4.78 is 89.1. The zero-order valence-corrected chi connectivity index (χ0v) is 62.2. The summed E-state index contributed by atoms with van der Waals surface area (Å²) in [6.45, 7) is 14.9. The van der Waals surface area contributed by atoms with Gasteiger partial charge in [-0.05, 0) is 73.5 Å². The van der Waals surface area contributed by atoms with Crippen molar-refractivity contribution in [2.24, 2.45) is 35.0 Å². The summed E-state index contributed by atoms with van der Waals surface area (Å²) >= 11 is 1.68. The molecule has 3 fully saturated rings. The molecule has 3 aliphatic heterocycles. The quantitative estimate of drug-likeness (QED) is 0.0179. The fourth-order valence-corrected chi connectivity index (χ4v) is 15.0. The Balaban J connectivity index is 1.75. The Morgan fingerprint density at radius 1 is 0.541 bits per heavy atom. The predicted octanol–water partition coefficient (Wildman–Crippen LogP) is 1.23. The van der Waals surface area contributed by atoms with Crippen molar-refractivity contribution < 1.29 is 132 Å². The number of rotatable bonds is 48. The molecular weight excluding hydrogens is 1450 g/mol. The Hall–Kier alpha value is -3.66. The number of aliphatic hydroxyl groups is 4. The van der Waals surface area contributed by atoms with E-state index in [1.54, 1.807) is 29.9 Å². The summed E-state index contributed by atoms with van der Waals surface area (Å²) in [5.74, 6) is -4.15. The minimum atomic E-state index is -5.04. The number of nitrogens with one attached hydrogen (secondary N) is 3. The first-order valence-corrected chi connectivity index (χ1v) is 36.5. The number of hydrogen-bond acceptors (Lipinski definition) is 26. The van der Waals surface area contributed by atoms with Crippen LogP contribution in [0.5, 0.6) is 0 Å². The highest BCUT2D eigenvalue weighted by molar-refractivity contribution is 14.1. The number of methoxy groups -OCH3 is 3. The van der Waals surface area contributed by atoms with Crippen molar-refractivity contribution in [1.82, 2.24) is 30.7 Å². The maximum Gasteiger partial charge on any atom is 0.472 e. The van der Waals surface area contributed by atoms with Crippen LogP contribution >= 0.6 is 38.7 Å². The van der Waals surface area contributed by atoms with Gasteiger partial charge in [-0.3, -0.25) is 46.9 Å². The molecule has 566 valence electrons. The standard InChI is InChI=1S/C61H107IN6O28P2/c1-35(14-38(4)29-89-58(86-11)55(49(76)26-69)63-40(6)72)16-52(79)66-23-46(75)19-43(66)32-93-97(82,83)96-48-21-45(68(25-48)53(80)17-36(2)15-39(5)30-90-59(87-12)56(50(77)27-70)64-41(7)73)33-94-98(84,85)95-47-20-44(31-92-62)67(24-47)54(81)18-37(3)22-61(9,10)34-91-60(88-13)57(51(78)28-71)65-42(8)74/h26-28,35-39,43-51,55-60,75-78H,14-25,29-34H2,1-13H3,(H,63,72)(H,64,73)(H,65,74)(H,82,83)(H,84,85)/t35?,36?,37?,38?,39?,43-,44-,45-,46+,47+,48+,49+,50+,51+,55?,56?,57?,58?,59?,60?/m0/s1. The number of hydrogen-bond donors (Lipinski definition) is 9. The molecule has 37 heteroatoms. The number of β-amino-alcohol motifs (C(OH)–C–C–N with tert-alkyl or cyclic N) is 1. The van der Waals surface area contributed by atoms with Gasteiger partial charge in [0.2, 0.25) is 35.4 Å². The number of carbonyl (C=O) groups is 9. The van der Waals surface area contributed by atoms with Gasteiger partial charge in [-0.15, -0.1) is 0 Å². The lowest BCUT2D eigenvalue weighted by atomic mass is 9.82. The fourth-order valence-electron chi connectivity index (χ4n) is 12.7. The van der Waals surface area contributed by atoms with E-state index in [0.717, 1.165) is 0 Å². The van der Waals surface area contributed by atoms with Crippen LogP contribution in [0.1, 0.15) is 127 Å². The maximum atomic E-state index is 14.4. The molecule has 0 radical (unpaired) electrons. The summed E-state index contributed by atoms with van der Waals surface area (Å²) in [6.07, 6.45) is -10.0. The van der Waals surface area contributed by atoms with Crippen LogP contribution in [0.25, 0.3) is 0 Å². The molecule has 6 amide bonds. The second-order valence-electron chi connectivity index (χ2n) is 27.0. The van der Waals surface area contributed by atoms with Gasteiger partial charge in [-0.25, -0.2) is 9.13 Å². The molecule has 0 aromatic heterocycles. The number of phosphoric acid groups is 2. The van der Waals surface area contributed by atoms with E-state index < -0.39 is 150 Å². The highest BCUT2D eigenvalue weighted by atomic mass is 127. The number of carbonyl (C=O) groups excluding carboxylic acids is 9. The average Bonchev–Trinajstić information content (AvgIpc) is 1.67. The van der Waals surface area contributed by atoms with Gasteiger partial charge in [0.15, 0.2) is 37.7 Å². The second kappa shape index (κ2) is 42.8. The van der Waals surface area contributed by atoms with Gasteiger partial charge in [0, 0.05) is 81.0 Å². The first-order valence-electron chi connectivity index (χ1n) is 32.6. The minimum absolute atomic E-state index is 0.00288. The molecule has 3 heterocycles. The lowest BCUT2D eigenvalue weighted by molar-refractivity contribution is -0.177. The van der Waals surface area contributed by atoms with Gasteiger partial charge in [0.25, 0.3) is 0 Å². The third-order valence-electron chi connectivity index (χ3n) is 16.8. The molecule has 34 nitrogen and oxygen atoms in total.